The van der Waals surface area contributed by atoms with Crippen LogP contribution in [0.4, 0.5) is 5.69 Å². The van der Waals surface area contributed by atoms with Gasteiger partial charge in [0.15, 0.2) is 5.96 Å². The molecule has 0 amide bonds. The SMILES string of the molecule is CN=C(NCC(C)(C)CCS(C)(=O)=O)NC1CCN(c2ccccc2OC)C1.I. The highest BCUT2D eigenvalue weighted by molar-refractivity contribution is 14.0. The fraction of sp³-hybridized carbons (Fsp3) is 0.650. The summed E-state index contributed by atoms with van der Waals surface area (Å²) in [6, 6.07) is 8.35. The fourth-order valence-electron chi connectivity index (χ4n) is 3.25. The van der Waals surface area contributed by atoms with E-state index in [9.17, 15) is 8.42 Å². The van der Waals surface area contributed by atoms with Crippen LogP contribution in [0.1, 0.15) is 26.7 Å². The third-order valence-electron chi connectivity index (χ3n) is 5.06. The van der Waals surface area contributed by atoms with E-state index in [0.29, 0.717) is 13.0 Å². The zero-order valence-electron chi connectivity index (χ0n) is 18.1. The van der Waals surface area contributed by atoms with Crippen LogP contribution in [0.25, 0.3) is 0 Å². The number of anilines is 1. The van der Waals surface area contributed by atoms with Crippen LogP contribution >= 0.6 is 24.0 Å². The van der Waals surface area contributed by atoms with Gasteiger partial charge in [-0.1, -0.05) is 26.0 Å². The van der Waals surface area contributed by atoms with E-state index >= 15 is 0 Å². The third-order valence-corrected chi connectivity index (χ3v) is 6.01. The maximum atomic E-state index is 11.4. The Labute approximate surface area is 192 Å². The maximum absolute atomic E-state index is 11.4. The summed E-state index contributed by atoms with van der Waals surface area (Å²) in [5.74, 6) is 1.84. The number of hydrogen-bond acceptors (Lipinski definition) is 5. The number of methoxy groups -OCH3 is 1. The number of aliphatic imine (C=N–C) groups is 1. The van der Waals surface area contributed by atoms with Gasteiger partial charge >= 0.3 is 0 Å². The first kappa shape index (κ1) is 25.8. The smallest absolute Gasteiger partial charge is 0.191 e. The zero-order chi connectivity index (χ0) is 20.8. The second kappa shape index (κ2) is 11.2. The van der Waals surface area contributed by atoms with Crippen molar-refractivity contribution in [1.29, 1.82) is 0 Å². The Bertz CT molecular complexity index is 784. The number of nitrogens with one attached hydrogen (secondary N) is 2. The molecule has 9 heteroatoms. The second-order valence-corrected chi connectivity index (χ2v) is 10.5. The molecule has 1 aliphatic rings. The molecule has 0 bridgehead atoms. The van der Waals surface area contributed by atoms with Gasteiger partial charge in [-0.05, 0) is 30.4 Å². The van der Waals surface area contributed by atoms with E-state index in [1.807, 2.05) is 18.2 Å². The van der Waals surface area contributed by atoms with E-state index in [-0.39, 0.29) is 41.2 Å². The Kier molecular flexibility index (Phi) is 10.0. The first-order valence-electron chi connectivity index (χ1n) is 9.66. The maximum Gasteiger partial charge on any atom is 0.191 e. The number of benzene rings is 1. The van der Waals surface area contributed by atoms with Gasteiger partial charge in [-0.25, -0.2) is 8.42 Å². The van der Waals surface area contributed by atoms with Crippen molar-refractivity contribution in [3.8, 4) is 5.75 Å². The highest BCUT2D eigenvalue weighted by Crippen LogP contribution is 2.30. The van der Waals surface area contributed by atoms with Crippen LogP contribution < -0.4 is 20.3 Å². The largest absolute Gasteiger partial charge is 0.495 e. The quantitative estimate of drug-likeness (QED) is 0.301. The highest BCUT2D eigenvalue weighted by atomic mass is 127. The fourth-order valence-corrected chi connectivity index (χ4v) is 4.17. The van der Waals surface area contributed by atoms with Gasteiger partial charge in [-0.3, -0.25) is 4.99 Å². The zero-order valence-corrected chi connectivity index (χ0v) is 21.2. The topological polar surface area (TPSA) is 83.0 Å². The van der Waals surface area contributed by atoms with E-state index < -0.39 is 9.84 Å². The van der Waals surface area contributed by atoms with Gasteiger partial charge in [0, 0.05) is 39.0 Å². The van der Waals surface area contributed by atoms with Crippen LogP contribution in [0.5, 0.6) is 5.75 Å². The Morgan fingerprint density at radius 1 is 1.34 bits per heavy atom. The van der Waals surface area contributed by atoms with Crippen molar-refractivity contribution < 1.29 is 13.2 Å². The molecule has 1 aliphatic heterocycles. The predicted molar refractivity (Wildman–Crippen MR) is 132 cm³/mol. The van der Waals surface area contributed by atoms with Crippen molar-refractivity contribution in [1.82, 2.24) is 10.6 Å². The molecule has 0 saturated carbocycles. The monoisotopic (exact) mass is 538 g/mol. The minimum absolute atomic E-state index is 0. The lowest BCUT2D eigenvalue weighted by Crippen LogP contribution is -2.47. The summed E-state index contributed by atoms with van der Waals surface area (Å²) in [4.78, 5) is 6.65. The summed E-state index contributed by atoms with van der Waals surface area (Å²) in [7, 11) is 0.504. The molecule has 1 aromatic carbocycles. The van der Waals surface area contributed by atoms with E-state index in [2.05, 4.69) is 40.4 Å². The molecule has 1 aromatic rings. The van der Waals surface area contributed by atoms with Crippen molar-refractivity contribution in [3.63, 3.8) is 0 Å². The molecule has 2 rings (SSSR count). The number of ether oxygens (including phenoxy) is 1. The molecule has 1 saturated heterocycles. The van der Waals surface area contributed by atoms with Gasteiger partial charge in [0.1, 0.15) is 15.6 Å². The Morgan fingerprint density at radius 3 is 2.66 bits per heavy atom. The molecular weight excluding hydrogens is 503 g/mol. The Morgan fingerprint density at radius 2 is 2.03 bits per heavy atom. The average molecular weight is 538 g/mol. The normalized spacial score (nSPS) is 17.6. The number of sulfone groups is 1. The van der Waals surface area contributed by atoms with E-state index in [4.69, 9.17) is 4.74 Å². The second-order valence-electron chi connectivity index (χ2n) is 8.22. The van der Waals surface area contributed by atoms with E-state index in [0.717, 1.165) is 36.9 Å². The Balaban J connectivity index is 0.00000420. The molecule has 166 valence electrons. The highest BCUT2D eigenvalue weighted by Gasteiger charge is 2.26. The molecular formula is C20H35IN4O3S. The molecule has 1 unspecified atom stereocenters. The first-order valence-corrected chi connectivity index (χ1v) is 11.7. The van der Waals surface area contributed by atoms with Gasteiger partial charge < -0.3 is 20.3 Å². The molecule has 0 aromatic heterocycles. The van der Waals surface area contributed by atoms with Crippen molar-refractivity contribution >= 4 is 45.5 Å². The van der Waals surface area contributed by atoms with Crippen LogP contribution in [0.3, 0.4) is 0 Å². The van der Waals surface area contributed by atoms with Crippen LogP contribution in [-0.2, 0) is 9.84 Å². The third kappa shape index (κ3) is 8.57. The summed E-state index contributed by atoms with van der Waals surface area (Å²) < 4.78 is 28.3. The number of nitrogens with zero attached hydrogens (tertiary/aromatic N) is 2. The Hall–Kier alpha value is -1.23. The van der Waals surface area contributed by atoms with Gasteiger partial charge in [0.2, 0.25) is 0 Å². The van der Waals surface area contributed by atoms with Crippen molar-refractivity contribution in [3.05, 3.63) is 24.3 Å². The summed E-state index contributed by atoms with van der Waals surface area (Å²) in [5.41, 5.74) is 0.971. The number of rotatable bonds is 8. The molecule has 1 fully saturated rings. The first-order chi connectivity index (χ1) is 13.1. The predicted octanol–water partition coefficient (Wildman–Crippen LogP) is 2.52. The number of halogens is 1. The molecule has 1 atom stereocenters. The summed E-state index contributed by atoms with van der Waals surface area (Å²) in [6.07, 6.45) is 2.90. The molecule has 0 aliphatic carbocycles. The standard InChI is InChI=1S/C20H34N4O3S.HI/c1-20(2,11-13-28(5,25)26)15-22-19(21-3)23-16-10-12-24(14-16)17-8-6-7-9-18(17)27-4;/h6-9,16H,10-15H2,1-5H3,(H2,21,22,23);1H. The van der Waals surface area contributed by atoms with Gasteiger partial charge in [-0.2, -0.15) is 0 Å². The van der Waals surface area contributed by atoms with Crippen molar-refractivity contribution in [2.24, 2.45) is 10.4 Å². The van der Waals surface area contributed by atoms with Gasteiger partial charge in [0.25, 0.3) is 0 Å². The lowest BCUT2D eigenvalue weighted by Gasteiger charge is -2.27. The molecule has 29 heavy (non-hydrogen) atoms. The minimum Gasteiger partial charge on any atom is -0.495 e. The van der Waals surface area contributed by atoms with Crippen LogP contribution in [0.15, 0.2) is 29.3 Å². The molecule has 1 heterocycles. The minimum atomic E-state index is -2.95. The lowest BCUT2D eigenvalue weighted by atomic mass is 9.90. The summed E-state index contributed by atoms with van der Waals surface area (Å²) in [5, 5.41) is 6.84. The van der Waals surface area contributed by atoms with Crippen molar-refractivity contribution in [2.75, 3.05) is 50.7 Å². The number of hydrogen-bond donors (Lipinski definition) is 2. The summed E-state index contributed by atoms with van der Waals surface area (Å²) in [6.45, 7) is 6.62. The van der Waals surface area contributed by atoms with E-state index in [1.165, 1.54) is 6.26 Å². The van der Waals surface area contributed by atoms with Crippen LogP contribution in [0, 0.1) is 5.41 Å². The van der Waals surface area contributed by atoms with Crippen LogP contribution in [-0.4, -0.2) is 66.2 Å². The molecule has 0 spiro atoms. The van der Waals surface area contributed by atoms with Gasteiger partial charge in [0.05, 0.1) is 18.6 Å². The van der Waals surface area contributed by atoms with E-state index in [1.54, 1.807) is 14.2 Å². The molecule has 2 N–H and O–H groups in total. The van der Waals surface area contributed by atoms with Gasteiger partial charge in [-0.15, -0.1) is 24.0 Å². The number of para-hydroxylation sites is 2. The van der Waals surface area contributed by atoms with Crippen molar-refractivity contribution in [2.45, 2.75) is 32.7 Å². The molecule has 7 nitrogen and oxygen atoms in total. The average Bonchev–Trinajstić information content (AvgIpc) is 3.11. The summed E-state index contributed by atoms with van der Waals surface area (Å²) >= 11 is 0. The van der Waals surface area contributed by atoms with Crippen LogP contribution in [0.2, 0.25) is 0 Å². The lowest BCUT2D eigenvalue weighted by molar-refractivity contribution is 0.348. The molecule has 0 radical (unpaired) electrons. The number of guanidine groups is 1.